The smallest absolute Gasteiger partial charge is 0.254 e. The number of nitrogens with one attached hydrogen (secondary N) is 1. The average Bonchev–Trinajstić information content (AvgIpc) is 3.29. The monoisotopic (exact) mass is 446 g/mol. The van der Waals surface area contributed by atoms with Gasteiger partial charge in [-0.05, 0) is 49.2 Å². The number of nitrogens with zero attached hydrogens (tertiary/aromatic N) is 3. The summed E-state index contributed by atoms with van der Waals surface area (Å²) in [6.07, 6.45) is 4.71. The van der Waals surface area contributed by atoms with Gasteiger partial charge in [0.2, 0.25) is 5.91 Å². The van der Waals surface area contributed by atoms with Gasteiger partial charge in [0.15, 0.2) is 0 Å². The van der Waals surface area contributed by atoms with E-state index in [1.54, 1.807) is 46.0 Å². The van der Waals surface area contributed by atoms with E-state index in [1.165, 1.54) is 0 Å². The van der Waals surface area contributed by atoms with E-state index >= 15 is 0 Å². The Morgan fingerprint density at radius 2 is 1.96 bits per heavy atom. The Labute approximate surface area is 169 Å². The number of carbonyl (C=O) groups excluding carboxylic acids is 2. The van der Waals surface area contributed by atoms with Crippen molar-refractivity contribution in [1.29, 1.82) is 0 Å². The van der Waals surface area contributed by atoms with Crippen molar-refractivity contribution in [2.75, 3.05) is 11.9 Å². The highest BCUT2D eigenvalue weighted by Crippen LogP contribution is 2.23. The molecule has 6 nitrogen and oxygen atoms in total. The summed E-state index contributed by atoms with van der Waals surface area (Å²) >= 11 is 9.45. The largest absolute Gasteiger partial charge is 0.327 e. The molecule has 2 amide bonds. The molecule has 1 atom stereocenters. The molecule has 0 bridgehead atoms. The number of fused-ring (bicyclic) bond motifs is 1. The van der Waals surface area contributed by atoms with E-state index in [2.05, 4.69) is 26.2 Å². The molecular formula is C19H16BrClN4O2. The Balaban J connectivity index is 1.52. The van der Waals surface area contributed by atoms with Crippen molar-refractivity contribution in [1.82, 2.24) is 14.3 Å². The molecule has 0 radical (unpaired) electrons. The predicted molar refractivity (Wildman–Crippen MR) is 107 cm³/mol. The summed E-state index contributed by atoms with van der Waals surface area (Å²) in [5.41, 5.74) is 1.88. The summed E-state index contributed by atoms with van der Waals surface area (Å²) in [5, 5.41) is 3.36. The van der Waals surface area contributed by atoms with Gasteiger partial charge in [0.25, 0.3) is 5.91 Å². The molecule has 1 aliphatic rings. The van der Waals surface area contributed by atoms with Crippen LogP contribution in [0.2, 0.25) is 5.15 Å². The van der Waals surface area contributed by atoms with Gasteiger partial charge in [-0.1, -0.05) is 27.5 Å². The van der Waals surface area contributed by atoms with Crippen LogP contribution in [0.5, 0.6) is 0 Å². The minimum Gasteiger partial charge on any atom is -0.327 e. The average molecular weight is 448 g/mol. The molecule has 3 aromatic rings. The maximum absolute atomic E-state index is 12.8. The molecule has 138 valence electrons. The molecule has 1 fully saturated rings. The maximum Gasteiger partial charge on any atom is 0.254 e. The van der Waals surface area contributed by atoms with Gasteiger partial charge in [-0.15, -0.1) is 0 Å². The zero-order valence-electron chi connectivity index (χ0n) is 14.2. The molecule has 0 unspecified atom stereocenters. The number of carbonyl (C=O) groups is 2. The standard InChI is InChI=1S/C19H16BrClN4O2/c20-13-5-3-12(4-6-13)19(27)24-9-1-2-15(24)18(26)23-14-7-8-17-22-10-16(21)25(17)11-14/h3-8,10-11,15H,1-2,9H2,(H,23,26)/t15-/m0/s1. The number of rotatable bonds is 3. The fourth-order valence-electron chi connectivity index (χ4n) is 3.29. The second kappa shape index (κ2) is 7.32. The lowest BCUT2D eigenvalue weighted by Gasteiger charge is -2.24. The highest BCUT2D eigenvalue weighted by atomic mass is 79.9. The van der Waals surface area contributed by atoms with E-state index in [-0.39, 0.29) is 11.8 Å². The Bertz CT molecular complexity index is 1020. The van der Waals surface area contributed by atoms with Gasteiger partial charge in [0.1, 0.15) is 16.8 Å². The molecule has 27 heavy (non-hydrogen) atoms. The number of hydrogen-bond acceptors (Lipinski definition) is 3. The fourth-order valence-corrected chi connectivity index (χ4v) is 3.74. The molecule has 1 aliphatic heterocycles. The van der Waals surface area contributed by atoms with Crippen LogP contribution in [0.4, 0.5) is 5.69 Å². The van der Waals surface area contributed by atoms with Crippen LogP contribution in [0.25, 0.3) is 5.65 Å². The minimum atomic E-state index is -0.491. The first-order valence-corrected chi connectivity index (χ1v) is 9.70. The van der Waals surface area contributed by atoms with Crippen LogP contribution in [0.3, 0.4) is 0 Å². The van der Waals surface area contributed by atoms with Crippen molar-refractivity contribution in [3.63, 3.8) is 0 Å². The molecule has 0 aliphatic carbocycles. The lowest BCUT2D eigenvalue weighted by Crippen LogP contribution is -2.43. The van der Waals surface area contributed by atoms with Crippen LogP contribution in [0, 0.1) is 0 Å². The molecule has 4 rings (SSSR count). The number of benzene rings is 1. The first kappa shape index (κ1) is 18.0. The van der Waals surface area contributed by atoms with E-state index in [0.717, 1.165) is 10.9 Å². The Morgan fingerprint density at radius 1 is 1.19 bits per heavy atom. The van der Waals surface area contributed by atoms with E-state index < -0.39 is 6.04 Å². The third-order valence-electron chi connectivity index (χ3n) is 4.64. The zero-order valence-corrected chi connectivity index (χ0v) is 16.6. The normalized spacial score (nSPS) is 16.7. The summed E-state index contributed by atoms with van der Waals surface area (Å²) in [4.78, 5) is 31.4. The fraction of sp³-hybridized carbons (Fsp3) is 0.211. The number of aromatic nitrogens is 2. The van der Waals surface area contributed by atoms with E-state index in [0.29, 0.717) is 35.0 Å². The molecule has 2 aromatic heterocycles. The van der Waals surface area contributed by atoms with Gasteiger partial charge in [0, 0.05) is 22.8 Å². The third kappa shape index (κ3) is 3.57. The Kier molecular flexibility index (Phi) is 4.88. The summed E-state index contributed by atoms with van der Waals surface area (Å²) in [5.74, 6) is -0.332. The highest BCUT2D eigenvalue weighted by molar-refractivity contribution is 9.10. The van der Waals surface area contributed by atoms with E-state index in [9.17, 15) is 9.59 Å². The number of imidazole rings is 1. The lowest BCUT2D eigenvalue weighted by molar-refractivity contribution is -0.119. The lowest BCUT2D eigenvalue weighted by atomic mass is 10.1. The van der Waals surface area contributed by atoms with Crippen molar-refractivity contribution < 1.29 is 9.59 Å². The molecular weight excluding hydrogens is 432 g/mol. The van der Waals surface area contributed by atoms with Gasteiger partial charge < -0.3 is 10.2 Å². The predicted octanol–water partition coefficient (Wildman–Crippen LogP) is 3.99. The van der Waals surface area contributed by atoms with Gasteiger partial charge >= 0.3 is 0 Å². The van der Waals surface area contributed by atoms with Crippen molar-refractivity contribution in [2.45, 2.75) is 18.9 Å². The first-order valence-electron chi connectivity index (χ1n) is 8.53. The number of halogens is 2. The number of amides is 2. The van der Waals surface area contributed by atoms with Gasteiger partial charge in [-0.2, -0.15) is 0 Å². The second-order valence-electron chi connectivity index (χ2n) is 6.38. The van der Waals surface area contributed by atoms with Gasteiger partial charge in [-0.3, -0.25) is 14.0 Å². The third-order valence-corrected chi connectivity index (χ3v) is 5.44. The van der Waals surface area contributed by atoms with Crippen LogP contribution in [0.15, 0.2) is 53.3 Å². The summed E-state index contributed by atoms with van der Waals surface area (Å²) < 4.78 is 2.60. The summed E-state index contributed by atoms with van der Waals surface area (Å²) in [6.45, 7) is 0.569. The van der Waals surface area contributed by atoms with E-state index in [4.69, 9.17) is 11.6 Å². The number of hydrogen-bond donors (Lipinski definition) is 1. The molecule has 0 spiro atoms. The number of anilines is 1. The summed E-state index contributed by atoms with van der Waals surface area (Å²) in [7, 11) is 0. The van der Waals surface area contributed by atoms with Crippen molar-refractivity contribution in [3.05, 3.63) is 64.0 Å². The van der Waals surface area contributed by atoms with Crippen molar-refractivity contribution >= 4 is 50.7 Å². The Morgan fingerprint density at radius 3 is 2.74 bits per heavy atom. The quantitative estimate of drug-likeness (QED) is 0.660. The van der Waals surface area contributed by atoms with Gasteiger partial charge in [0.05, 0.1) is 11.9 Å². The number of pyridine rings is 1. The molecule has 8 heteroatoms. The molecule has 1 saturated heterocycles. The minimum absolute atomic E-state index is 0.131. The molecule has 1 aromatic carbocycles. The summed E-state index contributed by atoms with van der Waals surface area (Å²) in [6, 6.07) is 10.2. The van der Waals surface area contributed by atoms with Crippen LogP contribution >= 0.6 is 27.5 Å². The van der Waals surface area contributed by atoms with Crippen LogP contribution < -0.4 is 5.32 Å². The zero-order chi connectivity index (χ0) is 19.0. The molecule has 0 saturated carbocycles. The van der Waals surface area contributed by atoms with Crippen LogP contribution in [-0.2, 0) is 4.79 Å². The number of likely N-dealkylation sites (tertiary alicyclic amines) is 1. The maximum atomic E-state index is 12.8. The topological polar surface area (TPSA) is 66.7 Å². The molecule has 3 heterocycles. The highest BCUT2D eigenvalue weighted by Gasteiger charge is 2.34. The second-order valence-corrected chi connectivity index (χ2v) is 7.68. The first-order chi connectivity index (χ1) is 13.0. The van der Waals surface area contributed by atoms with Crippen LogP contribution in [-0.4, -0.2) is 38.7 Å². The van der Waals surface area contributed by atoms with E-state index in [1.807, 2.05) is 12.1 Å². The Hall–Kier alpha value is -2.38. The van der Waals surface area contributed by atoms with Crippen LogP contribution in [0.1, 0.15) is 23.2 Å². The molecule has 1 N–H and O–H groups in total. The van der Waals surface area contributed by atoms with Crippen molar-refractivity contribution in [3.8, 4) is 0 Å². The van der Waals surface area contributed by atoms with Gasteiger partial charge in [-0.25, -0.2) is 4.98 Å². The SMILES string of the molecule is O=C(Nc1ccc2ncc(Cl)n2c1)[C@@H]1CCCN1C(=O)c1ccc(Br)cc1. The van der Waals surface area contributed by atoms with Crippen molar-refractivity contribution in [2.24, 2.45) is 0 Å².